The van der Waals surface area contributed by atoms with E-state index in [1.807, 2.05) is 26.0 Å². The number of halogens is 1. The SMILES string of the molecule is CCOc1cc(C=NNC(=O)COc2ccc(C)cc2Br)ccc1O. The molecule has 0 aliphatic carbocycles. The molecule has 6 nitrogen and oxygen atoms in total. The molecule has 1 amide bonds. The Labute approximate surface area is 154 Å². The Bertz CT molecular complexity index is 778. The molecule has 0 aliphatic rings. The van der Waals surface area contributed by atoms with E-state index in [1.165, 1.54) is 12.3 Å². The summed E-state index contributed by atoms with van der Waals surface area (Å²) in [5.41, 5.74) is 4.16. The highest BCUT2D eigenvalue weighted by Crippen LogP contribution is 2.26. The second kappa shape index (κ2) is 9.08. The molecule has 0 saturated carbocycles. The first-order valence-electron chi connectivity index (χ1n) is 7.66. The maximum atomic E-state index is 11.8. The molecule has 0 unspecified atom stereocenters. The van der Waals surface area contributed by atoms with Gasteiger partial charge in [-0.2, -0.15) is 5.10 Å². The summed E-state index contributed by atoms with van der Waals surface area (Å²) in [4.78, 5) is 11.8. The van der Waals surface area contributed by atoms with Gasteiger partial charge in [0, 0.05) is 0 Å². The molecule has 2 rings (SSSR count). The summed E-state index contributed by atoms with van der Waals surface area (Å²) in [6, 6.07) is 10.4. The molecule has 25 heavy (non-hydrogen) atoms. The second-order valence-electron chi connectivity index (χ2n) is 5.18. The Morgan fingerprint density at radius 3 is 2.76 bits per heavy atom. The molecular formula is C18H19BrN2O4. The molecule has 2 aromatic carbocycles. The van der Waals surface area contributed by atoms with Crippen molar-refractivity contribution >= 4 is 28.1 Å². The van der Waals surface area contributed by atoms with Crippen LogP contribution < -0.4 is 14.9 Å². The third kappa shape index (κ3) is 5.79. The molecule has 2 aromatic rings. The number of aromatic hydroxyl groups is 1. The second-order valence-corrected chi connectivity index (χ2v) is 6.03. The van der Waals surface area contributed by atoms with Crippen molar-refractivity contribution in [2.45, 2.75) is 13.8 Å². The number of phenolic OH excluding ortho intramolecular Hbond substituents is 1. The minimum absolute atomic E-state index is 0.0557. The van der Waals surface area contributed by atoms with Crippen molar-refractivity contribution in [3.05, 3.63) is 52.0 Å². The smallest absolute Gasteiger partial charge is 0.277 e. The topological polar surface area (TPSA) is 80.2 Å². The van der Waals surface area contributed by atoms with E-state index < -0.39 is 0 Å². The van der Waals surface area contributed by atoms with E-state index in [9.17, 15) is 9.90 Å². The molecule has 0 bridgehead atoms. The van der Waals surface area contributed by atoms with Crippen molar-refractivity contribution in [3.63, 3.8) is 0 Å². The van der Waals surface area contributed by atoms with Crippen LogP contribution in [0.4, 0.5) is 0 Å². The van der Waals surface area contributed by atoms with Crippen LogP contribution in [-0.2, 0) is 4.79 Å². The molecule has 0 spiro atoms. The van der Waals surface area contributed by atoms with Crippen LogP contribution in [0, 0.1) is 6.92 Å². The lowest BCUT2D eigenvalue weighted by Crippen LogP contribution is -2.24. The average molecular weight is 407 g/mol. The number of ether oxygens (including phenoxy) is 2. The van der Waals surface area contributed by atoms with Gasteiger partial charge in [-0.3, -0.25) is 4.79 Å². The van der Waals surface area contributed by atoms with Gasteiger partial charge in [0.1, 0.15) is 5.75 Å². The van der Waals surface area contributed by atoms with Gasteiger partial charge in [0.2, 0.25) is 0 Å². The fourth-order valence-electron chi connectivity index (χ4n) is 1.96. The van der Waals surface area contributed by atoms with Crippen LogP contribution in [0.2, 0.25) is 0 Å². The van der Waals surface area contributed by atoms with Crippen molar-refractivity contribution in [1.82, 2.24) is 5.43 Å². The van der Waals surface area contributed by atoms with E-state index in [0.717, 1.165) is 10.0 Å². The van der Waals surface area contributed by atoms with Crippen LogP contribution in [0.3, 0.4) is 0 Å². The quantitative estimate of drug-likeness (QED) is 0.545. The van der Waals surface area contributed by atoms with E-state index in [2.05, 4.69) is 26.5 Å². The van der Waals surface area contributed by atoms with E-state index in [0.29, 0.717) is 23.7 Å². The number of phenols is 1. The number of hydrazone groups is 1. The number of carbonyl (C=O) groups excluding carboxylic acids is 1. The van der Waals surface area contributed by atoms with Gasteiger partial charge in [-0.25, -0.2) is 5.43 Å². The summed E-state index contributed by atoms with van der Waals surface area (Å²) in [7, 11) is 0. The van der Waals surface area contributed by atoms with Crippen molar-refractivity contribution < 1.29 is 19.4 Å². The largest absolute Gasteiger partial charge is 0.504 e. The Morgan fingerprint density at radius 2 is 2.04 bits per heavy atom. The molecule has 0 heterocycles. The number of amides is 1. The molecule has 2 N–H and O–H groups in total. The summed E-state index contributed by atoms with van der Waals surface area (Å²) in [6.07, 6.45) is 1.46. The van der Waals surface area contributed by atoms with Crippen LogP contribution in [0.25, 0.3) is 0 Å². The van der Waals surface area contributed by atoms with Gasteiger partial charge in [-0.05, 0) is 71.2 Å². The van der Waals surface area contributed by atoms with Gasteiger partial charge in [-0.15, -0.1) is 0 Å². The van der Waals surface area contributed by atoms with Crippen molar-refractivity contribution in [2.75, 3.05) is 13.2 Å². The summed E-state index contributed by atoms with van der Waals surface area (Å²) in [6.45, 7) is 4.08. The van der Waals surface area contributed by atoms with Crippen LogP contribution in [0.5, 0.6) is 17.2 Å². The number of rotatable bonds is 7. The van der Waals surface area contributed by atoms with Crippen LogP contribution >= 0.6 is 15.9 Å². The molecule has 0 radical (unpaired) electrons. The van der Waals surface area contributed by atoms with Gasteiger partial charge in [0.15, 0.2) is 18.1 Å². The summed E-state index contributed by atoms with van der Waals surface area (Å²) in [5.74, 6) is 0.627. The first-order valence-corrected chi connectivity index (χ1v) is 8.45. The summed E-state index contributed by atoms with van der Waals surface area (Å²) >= 11 is 3.39. The molecule has 0 aliphatic heterocycles. The van der Waals surface area contributed by atoms with Crippen LogP contribution in [0.1, 0.15) is 18.1 Å². The van der Waals surface area contributed by atoms with Gasteiger partial charge < -0.3 is 14.6 Å². The van der Waals surface area contributed by atoms with E-state index in [-0.39, 0.29) is 18.3 Å². The summed E-state index contributed by atoms with van der Waals surface area (Å²) in [5, 5.41) is 13.5. The molecule has 0 aromatic heterocycles. The highest BCUT2D eigenvalue weighted by Gasteiger charge is 2.05. The molecule has 0 fully saturated rings. The van der Waals surface area contributed by atoms with E-state index in [4.69, 9.17) is 9.47 Å². The third-order valence-electron chi connectivity index (χ3n) is 3.13. The summed E-state index contributed by atoms with van der Waals surface area (Å²) < 4.78 is 11.5. The Morgan fingerprint density at radius 1 is 1.24 bits per heavy atom. The Balaban J connectivity index is 1.87. The van der Waals surface area contributed by atoms with Crippen LogP contribution in [0.15, 0.2) is 46.0 Å². The Hall–Kier alpha value is -2.54. The average Bonchev–Trinajstić information content (AvgIpc) is 2.57. The number of aryl methyl sites for hydroxylation is 1. The standard InChI is InChI=1S/C18H19BrN2O4/c1-3-24-17-9-13(5-6-15(17)22)10-20-21-18(23)11-25-16-7-4-12(2)8-14(16)19/h4-10,22H,3,11H2,1-2H3,(H,21,23). The minimum Gasteiger partial charge on any atom is -0.504 e. The maximum absolute atomic E-state index is 11.8. The molecule has 132 valence electrons. The minimum atomic E-state index is -0.382. The fraction of sp³-hybridized carbons (Fsp3) is 0.222. The molecule has 0 saturated heterocycles. The van der Waals surface area contributed by atoms with E-state index in [1.54, 1.807) is 18.2 Å². The van der Waals surface area contributed by atoms with Crippen molar-refractivity contribution in [2.24, 2.45) is 5.10 Å². The first-order chi connectivity index (χ1) is 12.0. The fourth-order valence-corrected chi connectivity index (χ4v) is 2.57. The highest BCUT2D eigenvalue weighted by molar-refractivity contribution is 9.10. The number of hydrogen-bond donors (Lipinski definition) is 2. The molecular weight excluding hydrogens is 388 g/mol. The van der Waals surface area contributed by atoms with Gasteiger partial charge in [0.05, 0.1) is 17.3 Å². The predicted molar refractivity (Wildman–Crippen MR) is 99.4 cm³/mol. The maximum Gasteiger partial charge on any atom is 0.277 e. The van der Waals surface area contributed by atoms with Crippen LogP contribution in [-0.4, -0.2) is 30.4 Å². The predicted octanol–water partition coefficient (Wildman–Crippen LogP) is 3.39. The number of nitrogens with zero attached hydrogens (tertiary/aromatic N) is 1. The lowest BCUT2D eigenvalue weighted by Gasteiger charge is -2.08. The first kappa shape index (κ1) is 18.8. The number of benzene rings is 2. The zero-order chi connectivity index (χ0) is 18.2. The zero-order valence-corrected chi connectivity index (χ0v) is 15.5. The highest BCUT2D eigenvalue weighted by atomic mass is 79.9. The van der Waals surface area contributed by atoms with Crippen molar-refractivity contribution in [1.29, 1.82) is 0 Å². The third-order valence-corrected chi connectivity index (χ3v) is 3.75. The Kier molecular flexibility index (Phi) is 6.82. The van der Waals surface area contributed by atoms with Crippen molar-refractivity contribution in [3.8, 4) is 17.2 Å². The van der Waals surface area contributed by atoms with E-state index >= 15 is 0 Å². The monoisotopic (exact) mass is 406 g/mol. The van der Waals surface area contributed by atoms with Gasteiger partial charge >= 0.3 is 0 Å². The van der Waals surface area contributed by atoms with Gasteiger partial charge in [0.25, 0.3) is 5.91 Å². The lowest BCUT2D eigenvalue weighted by molar-refractivity contribution is -0.123. The zero-order valence-electron chi connectivity index (χ0n) is 14.0. The normalized spacial score (nSPS) is 10.7. The number of nitrogens with one attached hydrogen (secondary N) is 1. The molecule has 0 atom stereocenters. The molecule has 7 heteroatoms. The lowest BCUT2D eigenvalue weighted by atomic mass is 10.2. The van der Waals surface area contributed by atoms with Gasteiger partial charge in [-0.1, -0.05) is 6.07 Å². The number of hydrogen-bond acceptors (Lipinski definition) is 5. The number of carbonyl (C=O) groups is 1.